The third kappa shape index (κ3) is 3.28. The first-order valence-corrected chi connectivity index (χ1v) is 7.09. The first-order chi connectivity index (χ1) is 8.89. The van der Waals surface area contributed by atoms with Gasteiger partial charge in [-0.25, -0.2) is 0 Å². The Balaban J connectivity index is 2.18. The van der Waals surface area contributed by atoms with Crippen molar-refractivity contribution in [1.82, 2.24) is 0 Å². The third-order valence-corrected chi connectivity index (χ3v) is 4.21. The van der Waals surface area contributed by atoms with Crippen LogP contribution in [0.15, 0.2) is 18.2 Å². The molecule has 0 saturated carbocycles. The number of aryl methyl sites for hydroxylation is 1. The summed E-state index contributed by atoms with van der Waals surface area (Å²) in [6.45, 7) is 9.00. The lowest BCUT2D eigenvalue weighted by molar-refractivity contribution is 0.325. The number of hydrogen-bond donors (Lipinski definition) is 2. The zero-order chi connectivity index (χ0) is 14.0. The first kappa shape index (κ1) is 13.9. The smallest absolute Gasteiger partial charge is 0.123 e. The average Bonchev–Trinajstić information content (AvgIpc) is 2.49. The zero-order valence-electron chi connectivity index (χ0n) is 12.3. The van der Waals surface area contributed by atoms with Crippen molar-refractivity contribution in [2.24, 2.45) is 11.1 Å². The molecule has 2 rings (SSSR count). The minimum atomic E-state index is 0.154. The highest BCUT2D eigenvalue weighted by molar-refractivity contribution is 5.96. The number of nitrogens with zero attached hydrogens (tertiary/aromatic N) is 1. The van der Waals surface area contributed by atoms with Crippen molar-refractivity contribution < 1.29 is 0 Å². The van der Waals surface area contributed by atoms with Crippen LogP contribution in [-0.2, 0) is 0 Å². The van der Waals surface area contributed by atoms with Gasteiger partial charge in [0.05, 0.1) is 0 Å². The maximum Gasteiger partial charge on any atom is 0.123 e. The number of nitrogens with one attached hydrogen (secondary N) is 1. The molecule has 1 heterocycles. The quantitative estimate of drug-likeness (QED) is 0.632. The molecule has 19 heavy (non-hydrogen) atoms. The molecule has 0 amide bonds. The highest BCUT2D eigenvalue weighted by Crippen LogP contribution is 2.32. The summed E-state index contributed by atoms with van der Waals surface area (Å²) in [5.41, 5.74) is 9.24. The normalized spacial score (nSPS) is 19.0. The van der Waals surface area contributed by atoms with Crippen LogP contribution in [0.3, 0.4) is 0 Å². The van der Waals surface area contributed by atoms with E-state index in [1.165, 1.54) is 24.9 Å². The standard InChI is InChI=1S/C16H25N3/c1-12-11-13(5-6-14(12)15(17)18)19-9-4-7-16(2,3)8-10-19/h5-6,11H,4,7-10H2,1-3H3,(H3,17,18). The molecule has 1 aliphatic rings. The summed E-state index contributed by atoms with van der Waals surface area (Å²) in [6.07, 6.45) is 3.79. The SMILES string of the molecule is Cc1cc(N2CCCC(C)(C)CC2)ccc1C(=N)N. The van der Waals surface area contributed by atoms with Crippen molar-refractivity contribution in [2.75, 3.05) is 18.0 Å². The number of benzene rings is 1. The van der Waals surface area contributed by atoms with E-state index in [9.17, 15) is 0 Å². The number of amidine groups is 1. The second-order valence-corrected chi connectivity index (χ2v) is 6.42. The van der Waals surface area contributed by atoms with Gasteiger partial charge in [0.15, 0.2) is 0 Å². The molecular formula is C16H25N3. The number of hydrogen-bond acceptors (Lipinski definition) is 2. The fourth-order valence-electron chi connectivity index (χ4n) is 2.83. The zero-order valence-corrected chi connectivity index (χ0v) is 12.3. The van der Waals surface area contributed by atoms with Crippen LogP contribution < -0.4 is 10.6 Å². The number of anilines is 1. The molecule has 0 unspecified atom stereocenters. The molecule has 1 fully saturated rings. The molecule has 0 bridgehead atoms. The predicted molar refractivity (Wildman–Crippen MR) is 82.0 cm³/mol. The van der Waals surface area contributed by atoms with Gasteiger partial charge in [0.1, 0.15) is 5.84 Å². The van der Waals surface area contributed by atoms with Crippen LogP contribution in [0.5, 0.6) is 0 Å². The van der Waals surface area contributed by atoms with Gasteiger partial charge >= 0.3 is 0 Å². The molecule has 1 saturated heterocycles. The van der Waals surface area contributed by atoms with Gasteiger partial charge in [-0.2, -0.15) is 0 Å². The minimum Gasteiger partial charge on any atom is -0.384 e. The van der Waals surface area contributed by atoms with Crippen molar-refractivity contribution in [3.63, 3.8) is 0 Å². The summed E-state index contributed by atoms with van der Waals surface area (Å²) in [5, 5.41) is 7.54. The molecule has 0 atom stereocenters. The fraction of sp³-hybridized carbons (Fsp3) is 0.562. The van der Waals surface area contributed by atoms with Gasteiger partial charge in [-0.15, -0.1) is 0 Å². The summed E-state index contributed by atoms with van der Waals surface area (Å²) in [5.74, 6) is 0.154. The van der Waals surface area contributed by atoms with E-state index in [0.717, 1.165) is 24.2 Å². The van der Waals surface area contributed by atoms with E-state index in [1.807, 2.05) is 13.0 Å². The second kappa shape index (κ2) is 5.24. The van der Waals surface area contributed by atoms with E-state index in [-0.39, 0.29) is 5.84 Å². The van der Waals surface area contributed by atoms with Gasteiger partial charge in [0, 0.05) is 24.3 Å². The van der Waals surface area contributed by atoms with Crippen molar-refractivity contribution >= 4 is 11.5 Å². The highest BCUT2D eigenvalue weighted by Gasteiger charge is 2.23. The van der Waals surface area contributed by atoms with Crippen LogP contribution in [-0.4, -0.2) is 18.9 Å². The summed E-state index contributed by atoms with van der Waals surface area (Å²) in [4.78, 5) is 2.46. The monoisotopic (exact) mass is 259 g/mol. The van der Waals surface area contributed by atoms with Gasteiger partial charge in [-0.1, -0.05) is 13.8 Å². The van der Waals surface area contributed by atoms with Crippen LogP contribution in [0.25, 0.3) is 0 Å². The van der Waals surface area contributed by atoms with Gasteiger partial charge in [0.25, 0.3) is 0 Å². The second-order valence-electron chi connectivity index (χ2n) is 6.42. The molecule has 1 aliphatic heterocycles. The predicted octanol–water partition coefficient (Wildman–Crippen LogP) is 3.30. The average molecular weight is 259 g/mol. The van der Waals surface area contributed by atoms with Crippen LogP contribution in [0, 0.1) is 17.7 Å². The highest BCUT2D eigenvalue weighted by atomic mass is 15.1. The van der Waals surface area contributed by atoms with E-state index in [1.54, 1.807) is 0 Å². The van der Waals surface area contributed by atoms with Gasteiger partial charge < -0.3 is 10.6 Å². The van der Waals surface area contributed by atoms with E-state index in [2.05, 4.69) is 30.9 Å². The Hall–Kier alpha value is -1.51. The summed E-state index contributed by atoms with van der Waals surface area (Å²) in [7, 11) is 0. The van der Waals surface area contributed by atoms with Gasteiger partial charge in [-0.3, -0.25) is 5.41 Å². The van der Waals surface area contributed by atoms with Crippen molar-refractivity contribution in [1.29, 1.82) is 5.41 Å². The molecule has 0 aliphatic carbocycles. The fourth-order valence-corrected chi connectivity index (χ4v) is 2.83. The van der Waals surface area contributed by atoms with Crippen LogP contribution >= 0.6 is 0 Å². The topological polar surface area (TPSA) is 53.1 Å². The largest absolute Gasteiger partial charge is 0.384 e. The van der Waals surface area contributed by atoms with E-state index >= 15 is 0 Å². The number of rotatable bonds is 2. The Kier molecular flexibility index (Phi) is 3.83. The Morgan fingerprint density at radius 3 is 2.63 bits per heavy atom. The van der Waals surface area contributed by atoms with Gasteiger partial charge in [0.2, 0.25) is 0 Å². The van der Waals surface area contributed by atoms with Gasteiger partial charge in [-0.05, 0) is 55.4 Å². The Labute approximate surface area is 116 Å². The van der Waals surface area contributed by atoms with E-state index < -0.39 is 0 Å². The molecule has 3 N–H and O–H groups in total. The molecule has 0 radical (unpaired) electrons. The molecule has 3 heteroatoms. The number of nitrogens with two attached hydrogens (primary N) is 1. The first-order valence-electron chi connectivity index (χ1n) is 7.09. The van der Waals surface area contributed by atoms with Crippen LogP contribution in [0.2, 0.25) is 0 Å². The maximum absolute atomic E-state index is 7.54. The molecule has 1 aromatic rings. The van der Waals surface area contributed by atoms with Crippen molar-refractivity contribution in [2.45, 2.75) is 40.0 Å². The third-order valence-electron chi connectivity index (χ3n) is 4.21. The molecular weight excluding hydrogens is 234 g/mol. The van der Waals surface area contributed by atoms with E-state index in [0.29, 0.717) is 5.41 Å². The Bertz CT molecular complexity index is 477. The summed E-state index contributed by atoms with van der Waals surface area (Å²) >= 11 is 0. The number of nitrogen functional groups attached to an aromatic ring is 1. The molecule has 3 nitrogen and oxygen atoms in total. The molecule has 0 spiro atoms. The van der Waals surface area contributed by atoms with Crippen molar-refractivity contribution in [3.8, 4) is 0 Å². The maximum atomic E-state index is 7.54. The summed E-state index contributed by atoms with van der Waals surface area (Å²) in [6, 6.07) is 6.24. The van der Waals surface area contributed by atoms with Crippen molar-refractivity contribution in [3.05, 3.63) is 29.3 Å². The molecule has 104 valence electrons. The minimum absolute atomic E-state index is 0.154. The Morgan fingerprint density at radius 1 is 1.26 bits per heavy atom. The molecule has 1 aromatic carbocycles. The Morgan fingerprint density at radius 2 is 2.00 bits per heavy atom. The van der Waals surface area contributed by atoms with Crippen LogP contribution in [0.1, 0.15) is 44.2 Å². The summed E-state index contributed by atoms with van der Waals surface area (Å²) < 4.78 is 0. The lowest BCUT2D eigenvalue weighted by Gasteiger charge is -2.25. The van der Waals surface area contributed by atoms with E-state index in [4.69, 9.17) is 11.1 Å². The lowest BCUT2D eigenvalue weighted by Crippen LogP contribution is -2.25. The molecule has 0 aromatic heterocycles. The van der Waals surface area contributed by atoms with Crippen LogP contribution in [0.4, 0.5) is 5.69 Å². The lowest BCUT2D eigenvalue weighted by atomic mass is 9.85.